The summed E-state index contributed by atoms with van der Waals surface area (Å²) in [5.41, 5.74) is 6.26. The minimum atomic E-state index is -0.566. The molecule has 0 saturated heterocycles. The number of rotatable bonds is 6. The highest BCUT2D eigenvalue weighted by Crippen LogP contribution is 2.12. The van der Waals surface area contributed by atoms with E-state index >= 15 is 0 Å². The van der Waals surface area contributed by atoms with Crippen molar-refractivity contribution < 1.29 is 13.5 Å². The standard InChI is InChI=1S/C12H17F2NO/c1-2-16-6-5-11(15)7-9-3-4-10(13)8-12(9)14/h3-4,8,11H,2,5-7,15H2,1H3. The van der Waals surface area contributed by atoms with Gasteiger partial charge in [-0.3, -0.25) is 0 Å². The minimum Gasteiger partial charge on any atom is -0.382 e. The van der Waals surface area contributed by atoms with Gasteiger partial charge in [-0.2, -0.15) is 0 Å². The second-order valence-corrected chi connectivity index (χ2v) is 3.69. The Hall–Kier alpha value is -1.00. The number of hydrogen-bond donors (Lipinski definition) is 1. The molecular weight excluding hydrogens is 212 g/mol. The zero-order valence-corrected chi connectivity index (χ0v) is 9.38. The number of nitrogens with two attached hydrogens (primary N) is 1. The molecule has 16 heavy (non-hydrogen) atoms. The highest BCUT2D eigenvalue weighted by molar-refractivity contribution is 5.19. The van der Waals surface area contributed by atoms with Gasteiger partial charge < -0.3 is 10.5 Å². The average molecular weight is 229 g/mol. The lowest BCUT2D eigenvalue weighted by atomic mass is 10.0. The third-order valence-corrected chi connectivity index (χ3v) is 2.33. The Bertz CT molecular complexity index is 331. The zero-order valence-electron chi connectivity index (χ0n) is 9.38. The van der Waals surface area contributed by atoms with Crippen LogP contribution >= 0.6 is 0 Å². The predicted octanol–water partition coefficient (Wildman–Crippen LogP) is 2.26. The molecule has 1 atom stereocenters. The topological polar surface area (TPSA) is 35.2 Å². The van der Waals surface area contributed by atoms with Crippen LogP contribution in [0.15, 0.2) is 18.2 Å². The Morgan fingerprint density at radius 1 is 1.38 bits per heavy atom. The fraction of sp³-hybridized carbons (Fsp3) is 0.500. The van der Waals surface area contributed by atoms with Crippen LogP contribution in [0.25, 0.3) is 0 Å². The number of halogens is 2. The van der Waals surface area contributed by atoms with Crippen molar-refractivity contribution in [3.8, 4) is 0 Å². The Balaban J connectivity index is 2.46. The molecule has 90 valence electrons. The largest absolute Gasteiger partial charge is 0.382 e. The van der Waals surface area contributed by atoms with Gasteiger partial charge in [-0.15, -0.1) is 0 Å². The van der Waals surface area contributed by atoms with E-state index in [0.717, 1.165) is 6.07 Å². The van der Waals surface area contributed by atoms with E-state index in [1.165, 1.54) is 12.1 Å². The molecule has 0 amide bonds. The first-order valence-corrected chi connectivity index (χ1v) is 5.40. The zero-order chi connectivity index (χ0) is 12.0. The quantitative estimate of drug-likeness (QED) is 0.759. The molecular formula is C12H17F2NO. The molecule has 0 aliphatic carbocycles. The van der Waals surface area contributed by atoms with E-state index < -0.39 is 11.6 Å². The molecule has 0 spiro atoms. The minimum absolute atomic E-state index is 0.161. The summed E-state index contributed by atoms with van der Waals surface area (Å²) < 4.78 is 31.1. The molecule has 4 heteroatoms. The van der Waals surface area contributed by atoms with Crippen molar-refractivity contribution in [2.75, 3.05) is 13.2 Å². The van der Waals surface area contributed by atoms with E-state index in [2.05, 4.69) is 0 Å². The SMILES string of the molecule is CCOCCC(N)Cc1ccc(F)cc1F. The number of ether oxygens (including phenoxy) is 1. The molecule has 0 fully saturated rings. The summed E-state index contributed by atoms with van der Waals surface area (Å²) >= 11 is 0. The molecule has 2 N–H and O–H groups in total. The Morgan fingerprint density at radius 3 is 2.75 bits per heavy atom. The fourth-order valence-corrected chi connectivity index (χ4v) is 1.45. The van der Waals surface area contributed by atoms with Crippen molar-refractivity contribution in [2.45, 2.75) is 25.8 Å². The second-order valence-electron chi connectivity index (χ2n) is 3.69. The van der Waals surface area contributed by atoms with Gasteiger partial charge in [0.2, 0.25) is 0 Å². The van der Waals surface area contributed by atoms with Crippen molar-refractivity contribution in [1.82, 2.24) is 0 Å². The van der Waals surface area contributed by atoms with Crippen LogP contribution < -0.4 is 5.73 Å². The Morgan fingerprint density at radius 2 is 2.12 bits per heavy atom. The molecule has 0 aliphatic heterocycles. The normalized spacial score (nSPS) is 12.8. The van der Waals surface area contributed by atoms with Gasteiger partial charge in [0.25, 0.3) is 0 Å². The highest BCUT2D eigenvalue weighted by Gasteiger charge is 2.09. The van der Waals surface area contributed by atoms with Crippen molar-refractivity contribution in [1.29, 1.82) is 0 Å². The summed E-state index contributed by atoms with van der Waals surface area (Å²) in [4.78, 5) is 0. The molecule has 0 bridgehead atoms. The third-order valence-electron chi connectivity index (χ3n) is 2.33. The molecule has 1 aromatic carbocycles. The van der Waals surface area contributed by atoms with E-state index in [0.29, 0.717) is 31.6 Å². The van der Waals surface area contributed by atoms with E-state index in [4.69, 9.17) is 10.5 Å². The summed E-state index contributed by atoms with van der Waals surface area (Å²) in [6, 6.07) is 3.40. The van der Waals surface area contributed by atoms with Crippen LogP contribution in [0.1, 0.15) is 18.9 Å². The van der Waals surface area contributed by atoms with Crippen molar-refractivity contribution in [2.24, 2.45) is 5.73 Å². The van der Waals surface area contributed by atoms with Gasteiger partial charge >= 0.3 is 0 Å². The van der Waals surface area contributed by atoms with Gasteiger partial charge in [-0.05, 0) is 31.4 Å². The molecule has 1 rings (SSSR count). The molecule has 0 saturated carbocycles. The number of hydrogen-bond acceptors (Lipinski definition) is 2. The first-order chi connectivity index (χ1) is 7.63. The second kappa shape index (κ2) is 6.55. The lowest BCUT2D eigenvalue weighted by molar-refractivity contribution is 0.140. The maximum atomic E-state index is 13.3. The maximum Gasteiger partial charge on any atom is 0.129 e. The van der Waals surface area contributed by atoms with Gasteiger partial charge in [0, 0.05) is 25.3 Å². The molecule has 1 unspecified atom stereocenters. The van der Waals surface area contributed by atoms with Crippen LogP contribution in [0.3, 0.4) is 0 Å². The van der Waals surface area contributed by atoms with Crippen LogP contribution in [-0.2, 0) is 11.2 Å². The molecule has 0 heterocycles. The van der Waals surface area contributed by atoms with E-state index in [1.807, 2.05) is 6.92 Å². The summed E-state index contributed by atoms with van der Waals surface area (Å²) in [5, 5.41) is 0. The monoisotopic (exact) mass is 229 g/mol. The molecule has 1 aromatic rings. The molecule has 0 aromatic heterocycles. The van der Waals surface area contributed by atoms with Gasteiger partial charge in [-0.25, -0.2) is 8.78 Å². The smallest absolute Gasteiger partial charge is 0.129 e. The summed E-state index contributed by atoms with van der Waals surface area (Å²) in [6.45, 7) is 3.13. The van der Waals surface area contributed by atoms with Crippen LogP contribution in [0.2, 0.25) is 0 Å². The Labute approximate surface area is 94.4 Å². The van der Waals surface area contributed by atoms with Crippen LogP contribution in [0.5, 0.6) is 0 Å². The lowest BCUT2D eigenvalue weighted by Crippen LogP contribution is -2.25. The lowest BCUT2D eigenvalue weighted by Gasteiger charge is -2.12. The summed E-state index contributed by atoms with van der Waals surface area (Å²) in [7, 11) is 0. The summed E-state index contributed by atoms with van der Waals surface area (Å²) in [5.74, 6) is -1.10. The Kier molecular flexibility index (Phi) is 5.35. The van der Waals surface area contributed by atoms with Crippen molar-refractivity contribution in [3.05, 3.63) is 35.4 Å². The van der Waals surface area contributed by atoms with Crippen molar-refractivity contribution in [3.63, 3.8) is 0 Å². The van der Waals surface area contributed by atoms with Gasteiger partial charge in [0.1, 0.15) is 11.6 Å². The maximum absolute atomic E-state index is 13.3. The van der Waals surface area contributed by atoms with Gasteiger partial charge in [0.05, 0.1) is 0 Å². The first-order valence-electron chi connectivity index (χ1n) is 5.40. The third kappa shape index (κ3) is 4.24. The van der Waals surface area contributed by atoms with E-state index in [9.17, 15) is 8.78 Å². The van der Waals surface area contributed by atoms with Crippen LogP contribution in [-0.4, -0.2) is 19.3 Å². The molecule has 2 nitrogen and oxygen atoms in total. The first kappa shape index (κ1) is 13.1. The summed E-state index contributed by atoms with van der Waals surface area (Å²) in [6.07, 6.45) is 1.07. The predicted molar refractivity (Wildman–Crippen MR) is 59.1 cm³/mol. The average Bonchev–Trinajstić information content (AvgIpc) is 2.23. The number of benzene rings is 1. The highest BCUT2D eigenvalue weighted by atomic mass is 19.1. The van der Waals surface area contributed by atoms with Crippen LogP contribution in [0, 0.1) is 11.6 Å². The van der Waals surface area contributed by atoms with Gasteiger partial charge in [-0.1, -0.05) is 6.07 Å². The van der Waals surface area contributed by atoms with Crippen molar-refractivity contribution >= 4 is 0 Å². The molecule has 0 radical (unpaired) electrons. The van der Waals surface area contributed by atoms with Crippen LogP contribution in [0.4, 0.5) is 8.78 Å². The molecule has 0 aliphatic rings. The van der Waals surface area contributed by atoms with Gasteiger partial charge in [0.15, 0.2) is 0 Å². The van der Waals surface area contributed by atoms with E-state index in [-0.39, 0.29) is 6.04 Å². The fourth-order valence-electron chi connectivity index (χ4n) is 1.45. The van der Waals surface area contributed by atoms with E-state index in [1.54, 1.807) is 0 Å².